The molecule has 0 fully saturated rings. The number of likely N-dealkylation sites (N-methyl/N-ethyl adjacent to an activating group) is 1. The summed E-state index contributed by atoms with van der Waals surface area (Å²) < 4.78 is 23.0. The fourth-order valence-corrected chi connectivity index (χ4v) is 10.4. The Morgan fingerprint density at radius 3 is 0.988 bits per heavy atom. The van der Waals surface area contributed by atoms with Gasteiger partial charge in [-0.25, -0.2) is 4.79 Å². The lowest BCUT2D eigenvalue weighted by atomic mass is 10.0. The SMILES string of the molecule is CC/C=C\C/C=C\C/C=C\C/C=C\C/C=C\C/C=C\C/C=C\CCCCCCCCCCCCCCCCCCCC(=O)OC(COC(=O)CCCCCCCCCCCCCCCCCCCCCCCC)COC(OCC[N+](C)(C)C)C(=O)O. The lowest BCUT2D eigenvalue weighted by molar-refractivity contribution is -0.870. The molecule has 0 aromatic rings. The van der Waals surface area contributed by atoms with Crippen molar-refractivity contribution in [3.8, 4) is 0 Å². The summed E-state index contributed by atoms with van der Waals surface area (Å²) in [5.74, 6) is -1.98. The summed E-state index contributed by atoms with van der Waals surface area (Å²) >= 11 is 0. The molecule has 0 spiro atoms. The van der Waals surface area contributed by atoms with E-state index in [2.05, 4.69) is 98.9 Å². The molecular formula is C77H138NO8+. The first-order chi connectivity index (χ1) is 42.1. The molecule has 498 valence electrons. The van der Waals surface area contributed by atoms with Gasteiger partial charge in [0.2, 0.25) is 0 Å². The molecule has 0 rings (SSSR count). The summed E-state index contributed by atoms with van der Waals surface area (Å²) in [5.41, 5.74) is 0. The molecule has 0 saturated heterocycles. The Bertz CT molecular complexity index is 1690. The number of allylic oxidation sites excluding steroid dienone is 14. The van der Waals surface area contributed by atoms with E-state index in [-0.39, 0.29) is 38.2 Å². The van der Waals surface area contributed by atoms with Crippen LogP contribution in [0, 0.1) is 0 Å². The minimum Gasteiger partial charge on any atom is -0.477 e. The predicted molar refractivity (Wildman–Crippen MR) is 369 cm³/mol. The molecule has 0 aliphatic rings. The number of hydrogen-bond acceptors (Lipinski definition) is 7. The third-order valence-electron chi connectivity index (χ3n) is 15.9. The zero-order chi connectivity index (χ0) is 62.6. The molecular weight excluding hydrogens is 1070 g/mol. The van der Waals surface area contributed by atoms with Crippen molar-refractivity contribution < 1.29 is 42.9 Å². The van der Waals surface area contributed by atoms with Crippen molar-refractivity contribution in [3.05, 3.63) is 85.1 Å². The molecule has 0 heterocycles. The molecule has 2 unspecified atom stereocenters. The van der Waals surface area contributed by atoms with E-state index in [0.717, 1.165) is 83.5 Å². The van der Waals surface area contributed by atoms with Gasteiger partial charge in [0, 0.05) is 12.8 Å². The number of esters is 2. The van der Waals surface area contributed by atoms with Crippen LogP contribution in [0.25, 0.3) is 0 Å². The van der Waals surface area contributed by atoms with Gasteiger partial charge in [-0.05, 0) is 70.6 Å². The molecule has 0 amide bonds. The van der Waals surface area contributed by atoms with Crippen molar-refractivity contribution in [1.29, 1.82) is 0 Å². The molecule has 86 heavy (non-hydrogen) atoms. The third kappa shape index (κ3) is 68.0. The van der Waals surface area contributed by atoms with Gasteiger partial charge >= 0.3 is 17.9 Å². The normalized spacial score (nSPS) is 13.2. The van der Waals surface area contributed by atoms with Crippen molar-refractivity contribution in [1.82, 2.24) is 0 Å². The number of carbonyl (C=O) groups excluding carboxylic acids is 2. The van der Waals surface area contributed by atoms with Gasteiger partial charge in [-0.2, -0.15) is 0 Å². The number of unbranched alkanes of at least 4 members (excludes halogenated alkanes) is 38. The maximum atomic E-state index is 13.0. The minimum atomic E-state index is -1.51. The summed E-state index contributed by atoms with van der Waals surface area (Å²) in [5, 5.41) is 9.75. The molecule has 1 N–H and O–H groups in total. The van der Waals surface area contributed by atoms with Crippen molar-refractivity contribution in [2.75, 3.05) is 47.5 Å². The minimum absolute atomic E-state index is 0.179. The first-order valence-electron chi connectivity index (χ1n) is 36.3. The van der Waals surface area contributed by atoms with Crippen LogP contribution < -0.4 is 0 Å². The van der Waals surface area contributed by atoms with E-state index in [9.17, 15) is 19.5 Å². The number of carbonyl (C=O) groups is 3. The molecule has 0 aliphatic carbocycles. The largest absolute Gasteiger partial charge is 0.477 e. The average Bonchev–Trinajstić information content (AvgIpc) is 3.63. The number of nitrogens with zero attached hydrogens (tertiary/aromatic N) is 1. The van der Waals surface area contributed by atoms with Crippen LogP contribution in [0.2, 0.25) is 0 Å². The van der Waals surface area contributed by atoms with Crippen molar-refractivity contribution in [3.63, 3.8) is 0 Å². The number of aliphatic carboxylic acids is 1. The monoisotopic (exact) mass is 1210 g/mol. The molecule has 9 heteroatoms. The summed E-state index contributed by atoms with van der Waals surface area (Å²) in [7, 11) is 5.99. The summed E-state index contributed by atoms with van der Waals surface area (Å²) in [6.45, 7) is 4.81. The molecule has 9 nitrogen and oxygen atoms in total. The van der Waals surface area contributed by atoms with Crippen LogP contribution >= 0.6 is 0 Å². The smallest absolute Gasteiger partial charge is 0.361 e. The van der Waals surface area contributed by atoms with Gasteiger partial charge in [-0.15, -0.1) is 0 Å². The van der Waals surface area contributed by atoms with Crippen LogP contribution in [0.1, 0.15) is 328 Å². The second-order valence-electron chi connectivity index (χ2n) is 25.5. The van der Waals surface area contributed by atoms with Crippen LogP contribution in [0.3, 0.4) is 0 Å². The summed E-state index contributed by atoms with van der Waals surface area (Å²) in [6.07, 6.45) is 88.5. The Labute approximate surface area is 531 Å². The van der Waals surface area contributed by atoms with E-state index in [1.807, 2.05) is 21.1 Å². The first-order valence-corrected chi connectivity index (χ1v) is 36.3. The van der Waals surface area contributed by atoms with Gasteiger partial charge in [0.15, 0.2) is 6.10 Å². The van der Waals surface area contributed by atoms with Crippen LogP contribution in [0.5, 0.6) is 0 Å². The van der Waals surface area contributed by atoms with Gasteiger partial charge in [0.1, 0.15) is 13.2 Å². The number of rotatable bonds is 67. The number of carboxylic acid groups (broad SMARTS) is 1. The van der Waals surface area contributed by atoms with Crippen LogP contribution in [0.4, 0.5) is 0 Å². The third-order valence-corrected chi connectivity index (χ3v) is 15.9. The summed E-state index contributed by atoms with van der Waals surface area (Å²) in [4.78, 5) is 37.6. The van der Waals surface area contributed by atoms with Crippen molar-refractivity contribution in [2.45, 2.75) is 341 Å². The van der Waals surface area contributed by atoms with E-state index in [4.69, 9.17) is 18.9 Å². The number of ether oxygens (including phenoxy) is 4. The standard InChI is InChI=1S/C77H137NO8/c1-6-8-10-12-14-16-18-20-22-24-26-28-30-31-32-33-34-35-36-37-38-39-40-41-42-43-44-45-46-48-50-52-54-56-58-60-62-64-66-68-75(80)86-73(72-85-77(76(81)82)83-70-69-78(3,4)5)71-84-74(79)67-65-63-61-59-57-55-53-51-49-47-29-27-25-23-21-19-17-15-13-11-9-7-2/h8,10,14,16,20,22,26,28,31-32,34-35,37-38,73,77H,6-7,9,11-13,15,17-19,21,23-25,27,29-30,33,36,39-72H2,1-5H3/p+1/b10-8-,16-14-,22-20-,28-26-,32-31-,35-34-,38-37-. The molecule has 0 radical (unpaired) electrons. The Morgan fingerprint density at radius 1 is 0.360 bits per heavy atom. The van der Waals surface area contributed by atoms with Gasteiger partial charge in [-0.3, -0.25) is 9.59 Å². The quantitative estimate of drug-likeness (QED) is 0.0211. The Hall–Kier alpha value is -3.53. The van der Waals surface area contributed by atoms with Gasteiger partial charge in [0.05, 0.1) is 34.4 Å². The Balaban J connectivity index is 4.04. The number of carboxylic acids is 1. The molecule has 0 aromatic heterocycles. The van der Waals surface area contributed by atoms with E-state index in [1.54, 1.807) is 0 Å². The highest BCUT2D eigenvalue weighted by Gasteiger charge is 2.25. The average molecular weight is 1210 g/mol. The molecule has 2 atom stereocenters. The second kappa shape index (κ2) is 67.4. The fourth-order valence-electron chi connectivity index (χ4n) is 10.4. The first kappa shape index (κ1) is 82.5. The Kier molecular flexibility index (Phi) is 64.6. The summed E-state index contributed by atoms with van der Waals surface area (Å²) in [6, 6.07) is 0. The topological polar surface area (TPSA) is 108 Å². The van der Waals surface area contributed by atoms with Crippen LogP contribution in [0.15, 0.2) is 85.1 Å². The molecule has 0 bridgehead atoms. The highest BCUT2D eigenvalue weighted by molar-refractivity contribution is 5.71. The van der Waals surface area contributed by atoms with Crippen molar-refractivity contribution >= 4 is 17.9 Å². The highest BCUT2D eigenvalue weighted by Crippen LogP contribution is 2.18. The van der Waals surface area contributed by atoms with E-state index < -0.39 is 18.4 Å². The van der Waals surface area contributed by atoms with Gasteiger partial charge in [-0.1, -0.05) is 330 Å². The predicted octanol–water partition coefficient (Wildman–Crippen LogP) is 22.6. The molecule has 0 saturated carbocycles. The maximum absolute atomic E-state index is 13.0. The molecule has 0 aromatic carbocycles. The zero-order valence-corrected chi connectivity index (χ0v) is 57.0. The van der Waals surface area contributed by atoms with E-state index in [0.29, 0.717) is 17.4 Å². The fraction of sp³-hybridized carbons (Fsp3) is 0.779. The van der Waals surface area contributed by atoms with Gasteiger partial charge in [0.25, 0.3) is 6.29 Å². The zero-order valence-electron chi connectivity index (χ0n) is 57.0. The lowest BCUT2D eigenvalue weighted by Crippen LogP contribution is -2.40. The number of quaternary nitrogens is 1. The van der Waals surface area contributed by atoms with Crippen molar-refractivity contribution in [2.24, 2.45) is 0 Å². The second-order valence-corrected chi connectivity index (χ2v) is 25.5. The maximum Gasteiger partial charge on any atom is 0.361 e. The highest BCUT2D eigenvalue weighted by atomic mass is 16.7. The lowest BCUT2D eigenvalue weighted by Gasteiger charge is -2.25. The van der Waals surface area contributed by atoms with Crippen LogP contribution in [-0.2, 0) is 33.3 Å². The van der Waals surface area contributed by atoms with Crippen LogP contribution in [-0.4, -0.2) is 87.4 Å². The van der Waals surface area contributed by atoms with E-state index >= 15 is 0 Å². The number of hydrogen-bond donors (Lipinski definition) is 1. The van der Waals surface area contributed by atoms with E-state index in [1.165, 1.54) is 218 Å². The Morgan fingerprint density at radius 2 is 0.663 bits per heavy atom. The molecule has 0 aliphatic heterocycles. The van der Waals surface area contributed by atoms with Gasteiger partial charge < -0.3 is 28.5 Å².